The van der Waals surface area contributed by atoms with E-state index in [0.29, 0.717) is 6.54 Å². The van der Waals surface area contributed by atoms with Crippen molar-refractivity contribution >= 4 is 21.8 Å². The highest BCUT2D eigenvalue weighted by Crippen LogP contribution is 2.13. The van der Waals surface area contributed by atoms with Crippen LogP contribution in [0.5, 0.6) is 5.75 Å². The van der Waals surface area contributed by atoms with Gasteiger partial charge in [0.25, 0.3) is 0 Å². The van der Waals surface area contributed by atoms with Crippen molar-refractivity contribution in [2.24, 2.45) is 0 Å². The van der Waals surface area contributed by atoms with E-state index < -0.39 is 0 Å². The molecule has 5 heteroatoms. The van der Waals surface area contributed by atoms with Crippen LogP contribution in [0, 0.1) is 0 Å². The number of rotatable bonds is 7. The number of nitrogens with zero attached hydrogens (tertiary/aromatic N) is 1. The van der Waals surface area contributed by atoms with E-state index in [-0.39, 0.29) is 11.9 Å². The molecule has 0 bridgehead atoms. The topological polar surface area (TPSA) is 41.6 Å². The lowest BCUT2D eigenvalue weighted by molar-refractivity contribution is -0.125. The summed E-state index contributed by atoms with van der Waals surface area (Å²) in [6, 6.07) is 15.6. The molecular formula is C19H23BrN2O2. The molecule has 0 aliphatic carbocycles. The normalized spacial score (nSPS) is 12.0. The number of halogens is 1. The lowest BCUT2D eigenvalue weighted by Gasteiger charge is -2.24. The lowest BCUT2D eigenvalue weighted by atomic mass is 10.1. The molecule has 2 rings (SSSR count). The van der Waals surface area contributed by atoms with E-state index in [2.05, 4.69) is 33.4 Å². The molecule has 2 aromatic rings. The van der Waals surface area contributed by atoms with Crippen molar-refractivity contribution in [3.05, 3.63) is 64.1 Å². The maximum atomic E-state index is 12.3. The Hall–Kier alpha value is -1.85. The number of benzene rings is 2. The van der Waals surface area contributed by atoms with Gasteiger partial charge in [-0.15, -0.1) is 0 Å². The highest BCUT2D eigenvalue weighted by molar-refractivity contribution is 9.10. The average molecular weight is 391 g/mol. The zero-order chi connectivity index (χ0) is 17.5. The van der Waals surface area contributed by atoms with Crippen LogP contribution in [0.25, 0.3) is 0 Å². The zero-order valence-corrected chi connectivity index (χ0v) is 15.8. The molecule has 0 saturated carbocycles. The standard InChI is InChI=1S/C19H23BrN2O2/c1-14(22(2)13-16-4-8-17(20)9-5-16)19(23)21-12-15-6-10-18(24-3)11-7-15/h4-11,14H,12-13H2,1-3H3,(H,21,23)/t14-/m0/s1. The van der Waals surface area contributed by atoms with Gasteiger partial charge in [-0.25, -0.2) is 0 Å². The third-order valence-electron chi connectivity index (χ3n) is 4.01. The largest absolute Gasteiger partial charge is 0.497 e. The first kappa shape index (κ1) is 18.5. The van der Waals surface area contributed by atoms with Gasteiger partial charge in [-0.2, -0.15) is 0 Å². The van der Waals surface area contributed by atoms with Gasteiger partial charge >= 0.3 is 0 Å². The van der Waals surface area contributed by atoms with E-state index in [1.54, 1.807) is 7.11 Å². The van der Waals surface area contributed by atoms with Crippen molar-refractivity contribution in [2.45, 2.75) is 26.1 Å². The van der Waals surface area contributed by atoms with Crippen molar-refractivity contribution in [1.82, 2.24) is 10.2 Å². The monoisotopic (exact) mass is 390 g/mol. The quantitative estimate of drug-likeness (QED) is 0.784. The summed E-state index contributed by atoms with van der Waals surface area (Å²) in [5.74, 6) is 0.832. The summed E-state index contributed by atoms with van der Waals surface area (Å²) in [4.78, 5) is 14.4. The molecule has 0 saturated heterocycles. The number of hydrogen-bond donors (Lipinski definition) is 1. The number of hydrogen-bond acceptors (Lipinski definition) is 3. The number of carbonyl (C=O) groups excluding carboxylic acids is 1. The molecular weight excluding hydrogens is 368 g/mol. The van der Waals surface area contributed by atoms with Gasteiger partial charge in [0, 0.05) is 17.6 Å². The molecule has 0 unspecified atom stereocenters. The maximum Gasteiger partial charge on any atom is 0.237 e. The average Bonchev–Trinajstić information content (AvgIpc) is 2.61. The Morgan fingerprint density at radius 3 is 2.29 bits per heavy atom. The van der Waals surface area contributed by atoms with E-state index in [1.807, 2.05) is 55.3 Å². The number of carbonyl (C=O) groups is 1. The Kier molecular flexibility index (Phi) is 6.82. The van der Waals surface area contributed by atoms with E-state index in [9.17, 15) is 4.79 Å². The smallest absolute Gasteiger partial charge is 0.237 e. The zero-order valence-electron chi connectivity index (χ0n) is 14.3. The third-order valence-corrected chi connectivity index (χ3v) is 4.54. The molecule has 0 heterocycles. The van der Waals surface area contributed by atoms with Gasteiger partial charge in [-0.05, 0) is 49.4 Å². The number of amides is 1. The predicted octanol–water partition coefficient (Wildman–Crippen LogP) is 3.59. The fraction of sp³-hybridized carbons (Fsp3) is 0.316. The molecule has 1 N–H and O–H groups in total. The minimum Gasteiger partial charge on any atom is -0.497 e. The summed E-state index contributed by atoms with van der Waals surface area (Å²) in [6.45, 7) is 3.16. The highest BCUT2D eigenvalue weighted by atomic mass is 79.9. The SMILES string of the molecule is COc1ccc(CNC(=O)[C@H](C)N(C)Cc2ccc(Br)cc2)cc1. The second-order valence-corrected chi connectivity index (χ2v) is 6.70. The number of likely N-dealkylation sites (N-methyl/N-ethyl adjacent to an activating group) is 1. The van der Waals surface area contributed by atoms with Gasteiger partial charge < -0.3 is 10.1 Å². The van der Waals surface area contributed by atoms with Gasteiger partial charge in [0.15, 0.2) is 0 Å². The summed E-state index contributed by atoms with van der Waals surface area (Å²) < 4.78 is 6.19. The summed E-state index contributed by atoms with van der Waals surface area (Å²) in [6.07, 6.45) is 0. The van der Waals surface area contributed by atoms with Gasteiger partial charge in [-0.1, -0.05) is 40.2 Å². The van der Waals surface area contributed by atoms with Gasteiger partial charge in [0.1, 0.15) is 5.75 Å². The molecule has 1 atom stereocenters. The number of ether oxygens (including phenoxy) is 1. The van der Waals surface area contributed by atoms with Crippen molar-refractivity contribution in [2.75, 3.05) is 14.2 Å². The summed E-state index contributed by atoms with van der Waals surface area (Å²) >= 11 is 3.43. The molecule has 128 valence electrons. The Balaban J connectivity index is 1.84. The minimum absolute atomic E-state index is 0.0189. The van der Waals surface area contributed by atoms with Gasteiger partial charge in [0.2, 0.25) is 5.91 Å². The van der Waals surface area contributed by atoms with Crippen molar-refractivity contribution in [1.29, 1.82) is 0 Å². The van der Waals surface area contributed by atoms with Crippen LogP contribution in [0.4, 0.5) is 0 Å². The first-order valence-corrected chi connectivity index (χ1v) is 8.64. The van der Waals surface area contributed by atoms with Crippen LogP contribution in [0.2, 0.25) is 0 Å². The van der Waals surface area contributed by atoms with E-state index in [1.165, 1.54) is 5.56 Å². The molecule has 1 amide bonds. The van der Waals surface area contributed by atoms with E-state index in [4.69, 9.17) is 4.74 Å². The van der Waals surface area contributed by atoms with Crippen LogP contribution in [-0.2, 0) is 17.9 Å². The van der Waals surface area contributed by atoms with E-state index >= 15 is 0 Å². The molecule has 4 nitrogen and oxygen atoms in total. The van der Waals surface area contributed by atoms with E-state index in [0.717, 1.165) is 22.3 Å². The second-order valence-electron chi connectivity index (χ2n) is 5.78. The third kappa shape index (κ3) is 5.35. The van der Waals surface area contributed by atoms with Crippen LogP contribution >= 0.6 is 15.9 Å². The summed E-state index contributed by atoms with van der Waals surface area (Å²) in [5.41, 5.74) is 2.22. The Labute approximate surface area is 151 Å². The van der Waals surface area contributed by atoms with Crippen LogP contribution in [0.1, 0.15) is 18.1 Å². The van der Waals surface area contributed by atoms with Gasteiger partial charge in [-0.3, -0.25) is 9.69 Å². The van der Waals surface area contributed by atoms with Crippen molar-refractivity contribution < 1.29 is 9.53 Å². The first-order valence-electron chi connectivity index (χ1n) is 7.85. The molecule has 0 aliphatic rings. The predicted molar refractivity (Wildman–Crippen MR) is 99.9 cm³/mol. The molecule has 0 spiro atoms. The first-order chi connectivity index (χ1) is 11.5. The minimum atomic E-state index is -0.202. The fourth-order valence-corrected chi connectivity index (χ4v) is 2.56. The van der Waals surface area contributed by atoms with Crippen LogP contribution in [0.15, 0.2) is 53.0 Å². The Morgan fingerprint density at radius 1 is 1.12 bits per heavy atom. The maximum absolute atomic E-state index is 12.3. The molecule has 0 aliphatic heterocycles. The Morgan fingerprint density at radius 2 is 1.71 bits per heavy atom. The number of methoxy groups -OCH3 is 1. The summed E-state index contributed by atoms with van der Waals surface area (Å²) in [5, 5.41) is 2.98. The summed E-state index contributed by atoms with van der Waals surface area (Å²) in [7, 11) is 3.60. The molecule has 0 fully saturated rings. The molecule has 2 aromatic carbocycles. The fourth-order valence-electron chi connectivity index (χ4n) is 2.30. The van der Waals surface area contributed by atoms with Gasteiger partial charge in [0.05, 0.1) is 13.2 Å². The highest BCUT2D eigenvalue weighted by Gasteiger charge is 2.17. The molecule has 0 radical (unpaired) electrons. The number of nitrogens with one attached hydrogen (secondary N) is 1. The molecule has 0 aromatic heterocycles. The van der Waals surface area contributed by atoms with Crippen molar-refractivity contribution in [3.8, 4) is 5.75 Å². The molecule has 24 heavy (non-hydrogen) atoms. The van der Waals surface area contributed by atoms with Crippen LogP contribution < -0.4 is 10.1 Å². The lowest BCUT2D eigenvalue weighted by Crippen LogP contribution is -2.42. The van der Waals surface area contributed by atoms with Crippen LogP contribution in [0.3, 0.4) is 0 Å². The van der Waals surface area contributed by atoms with Crippen molar-refractivity contribution in [3.63, 3.8) is 0 Å². The van der Waals surface area contributed by atoms with Crippen LogP contribution in [-0.4, -0.2) is 31.0 Å². The second kappa shape index (κ2) is 8.85. The Bertz CT molecular complexity index is 656.